The molecule has 5 heteroatoms. The van der Waals surface area contributed by atoms with Crippen molar-refractivity contribution < 1.29 is 4.92 Å². The number of rotatable bonds is 5. The van der Waals surface area contributed by atoms with Crippen LogP contribution in [-0.4, -0.2) is 35.5 Å². The molecule has 20 heavy (non-hydrogen) atoms. The molecule has 0 aromatic heterocycles. The maximum atomic E-state index is 11.1. The van der Waals surface area contributed by atoms with Gasteiger partial charge in [-0.05, 0) is 51.4 Å². The number of nitro benzene ring substituents is 1. The summed E-state index contributed by atoms with van der Waals surface area (Å²) in [6.45, 7) is 7.25. The first-order chi connectivity index (χ1) is 9.56. The van der Waals surface area contributed by atoms with Gasteiger partial charge in [0, 0.05) is 18.7 Å². The van der Waals surface area contributed by atoms with Crippen molar-refractivity contribution in [1.82, 2.24) is 4.90 Å². The fourth-order valence-corrected chi connectivity index (χ4v) is 2.77. The highest BCUT2D eigenvalue weighted by molar-refractivity contribution is 5.63. The van der Waals surface area contributed by atoms with E-state index in [0.717, 1.165) is 25.2 Å². The van der Waals surface area contributed by atoms with Crippen LogP contribution in [0.4, 0.5) is 11.4 Å². The van der Waals surface area contributed by atoms with Gasteiger partial charge < -0.3 is 10.2 Å². The molecule has 1 atom stereocenters. The van der Waals surface area contributed by atoms with Gasteiger partial charge in [-0.2, -0.15) is 0 Å². The Balaban J connectivity index is 2.00. The second kappa shape index (κ2) is 6.70. The van der Waals surface area contributed by atoms with Crippen LogP contribution >= 0.6 is 0 Å². The second-order valence-corrected chi connectivity index (χ2v) is 5.68. The number of likely N-dealkylation sites (tertiary alicyclic amines) is 1. The molecule has 1 saturated heterocycles. The monoisotopic (exact) mass is 277 g/mol. The molecule has 0 radical (unpaired) electrons. The number of benzene rings is 1. The normalized spacial score (nSPS) is 17.7. The fourth-order valence-electron chi connectivity index (χ4n) is 2.77. The second-order valence-electron chi connectivity index (χ2n) is 5.68. The summed E-state index contributed by atoms with van der Waals surface area (Å²) < 4.78 is 0. The Morgan fingerprint density at radius 2 is 2.05 bits per heavy atom. The Morgan fingerprint density at radius 1 is 1.35 bits per heavy atom. The fraction of sp³-hybridized carbons (Fsp3) is 0.600. The summed E-state index contributed by atoms with van der Waals surface area (Å²) in [5.74, 6) is 0. The van der Waals surface area contributed by atoms with Gasteiger partial charge in [-0.25, -0.2) is 0 Å². The quantitative estimate of drug-likeness (QED) is 0.663. The van der Waals surface area contributed by atoms with Crippen LogP contribution in [-0.2, 0) is 0 Å². The maximum Gasteiger partial charge on any atom is 0.292 e. The van der Waals surface area contributed by atoms with Gasteiger partial charge in [-0.15, -0.1) is 0 Å². The van der Waals surface area contributed by atoms with E-state index in [0.29, 0.717) is 5.69 Å². The third-order valence-corrected chi connectivity index (χ3v) is 3.73. The van der Waals surface area contributed by atoms with Crippen LogP contribution in [0.1, 0.15) is 31.7 Å². The van der Waals surface area contributed by atoms with Gasteiger partial charge in [0.2, 0.25) is 0 Å². The van der Waals surface area contributed by atoms with E-state index in [1.807, 2.05) is 13.0 Å². The van der Waals surface area contributed by atoms with Crippen molar-refractivity contribution in [2.75, 3.05) is 25.0 Å². The van der Waals surface area contributed by atoms with E-state index in [-0.39, 0.29) is 16.7 Å². The molecule has 110 valence electrons. The number of aryl methyl sites for hydroxylation is 1. The van der Waals surface area contributed by atoms with Crippen molar-refractivity contribution in [3.05, 3.63) is 33.9 Å². The molecule has 0 bridgehead atoms. The number of anilines is 1. The third kappa shape index (κ3) is 3.93. The maximum absolute atomic E-state index is 11.1. The molecule has 0 spiro atoms. The van der Waals surface area contributed by atoms with E-state index in [1.165, 1.54) is 19.3 Å². The largest absolute Gasteiger partial charge is 0.376 e. The highest BCUT2D eigenvalue weighted by Gasteiger charge is 2.17. The molecular weight excluding hydrogens is 254 g/mol. The molecule has 1 unspecified atom stereocenters. The van der Waals surface area contributed by atoms with Gasteiger partial charge in [0.1, 0.15) is 5.69 Å². The smallest absolute Gasteiger partial charge is 0.292 e. The van der Waals surface area contributed by atoms with E-state index < -0.39 is 0 Å². The number of piperidine rings is 1. The van der Waals surface area contributed by atoms with Gasteiger partial charge in [-0.1, -0.05) is 12.5 Å². The van der Waals surface area contributed by atoms with E-state index >= 15 is 0 Å². The lowest BCUT2D eigenvalue weighted by Gasteiger charge is -2.29. The van der Waals surface area contributed by atoms with Crippen molar-refractivity contribution in [3.8, 4) is 0 Å². The molecule has 0 saturated carbocycles. The minimum atomic E-state index is -0.324. The van der Waals surface area contributed by atoms with Crippen molar-refractivity contribution >= 4 is 11.4 Å². The average molecular weight is 277 g/mol. The molecule has 2 rings (SSSR count). The summed E-state index contributed by atoms with van der Waals surface area (Å²) in [4.78, 5) is 13.2. The molecule has 0 aliphatic carbocycles. The lowest BCUT2D eigenvalue weighted by molar-refractivity contribution is -0.384. The molecule has 1 fully saturated rings. The Morgan fingerprint density at radius 3 is 2.70 bits per heavy atom. The first-order valence-electron chi connectivity index (χ1n) is 7.30. The average Bonchev–Trinajstić information content (AvgIpc) is 2.39. The number of hydrogen-bond donors (Lipinski definition) is 1. The zero-order chi connectivity index (χ0) is 14.5. The van der Waals surface area contributed by atoms with E-state index in [4.69, 9.17) is 0 Å². The Bertz CT molecular complexity index is 470. The van der Waals surface area contributed by atoms with Gasteiger partial charge in [-0.3, -0.25) is 10.1 Å². The molecule has 1 heterocycles. The van der Waals surface area contributed by atoms with Crippen LogP contribution in [0, 0.1) is 17.0 Å². The van der Waals surface area contributed by atoms with Crippen LogP contribution in [0.15, 0.2) is 18.2 Å². The SMILES string of the molecule is Cc1ccc([N+](=O)[O-])c(NC(C)CN2CCCCC2)c1. The zero-order valence-electron chi connectivity index (χ0n) is 12.3. The summed E-state index contributed by atoms with van der Waals surface area (Å²) >= 11 is 0. The first-order valence-corrected chi connectivity index (χ1v) is 7.30. The molecule has 5 nitrogen and oxygen atoms in total. The van der Waals surface area contributed by atoms with Gasteiger partial charge in [0.15, 0.2) is 0 Å². The molecular formula is C15H23N3O2. The van der Waals surface area contributed by atoms with Crippen LogP contribution in [0.25, 0.3) is 0 Å². The van der Waals surface area contributed by atoms with Gasteiger partial charge in [0.25, 0.3) is 5.69 Å². The standard InChI is InChI=1S/C15H23N3O2/c1-12-6-7-15(18(19)20)14(10-12)16-13(2)11-17-8-4-3-5-9-17/h6-7,10,13,16H,3-5,8-9,11H2,1-2H3. The number of hydrogen-bond acceptors (Lipinski definition) is 4. The summed E-state index contributed by atoms with van der Waals surface area (Å²) in [7, 11) is 0. The first kappa shape index (κ1) is 14.8. The highest BCUT2D eigenvalue weighted by atomic mass is 16.6. The van der Waals surface area contributed by atoms with Crippen LogP contribution < -0.4 is 5.32 Å². The summed E-state index contributed by atoms with van der Waals surface area (Å²) in [6, 6.07) is 5.41. The summed E-state index contributed by atoms with van der Waals surface area (Å²) in [5, 5.41) is 14.4. The van der Waals surface area contributed by atoms with Crippen molar-refractivity contribution in [2.45, 2.75) is 39.2 Å². The summed E-state index contributed by atoms with van der Waals surface area (Å²) in [5.41, 5.74) is 1.81. The van der Waals surface area contributed by atoms with E-state index in [9.17, 15) is 10.1 Å². The van der Waals surface area contributed by atoms with Gasteiger partial charge in [0.05, 0.1) is 4.92 Å². The lowest BCUT2D eigenvalue weighted by Crippen LogP contribution is -2.38. The minimum Gasteiger partial charge on any atom is -0.376 e. The van der Waals surface area contributed by atoms with E-state index in [1.54, 1.807) is 12.1 Å². The Labute approximate surface area is 120 Å². The zero-order valence-corrected chi connectivity index (χ0v) is 12.3. The molecule has 1 aromatic rings. The molecule has 1 aromatic carbocycles. The van der Waals surface area contributed by atoms with Crippen LogP contribution in [0.2, 0.25) is 0 Å². The van der Waals surface area contributed by atoms with Crippen molar-refractivity contribution in [2.24, 2.45) is 0 Å². The molecule has 1 aliphatic rings. The lowest BCUT2D eigenvalue weighted by atomic mass is 10.1. The predicted molar refractivity (Wildman–Crippen MR) is 81.2 cm³/mol. The van der Waals surface area contributed by atoms with Crippen molar-refractivity contribution in [1.29, 1.82) is 0 Å². The molecule has 1 N–H and O–H groups in total. The van der Waals surface area contributed by atoms with Gasteiger partial charge >= 0.3 is 0 Å². The number of nitrogens with one attached hydrogen (secondary N) is 1. The molecule has 0 amide bonds. The Kier molecular flexibility index (Phi) is 4.95. The van der Waals surface area contributed by atoms with Crippen molar-refractivity contribution in [3.63, 3.8) is 0 Å². The van der Waals surface area contributed by atoms with Crippen LogP contribution in [0.3, 0.4) is 0 Å². The highest BCUT2D eigenvalue weighted by Crippen LogP contribution is 2.26. The minimum absolute atomic E-state index is 0.154. The van der Waals surface area contributed by atoms with E-state index in [2.05, 4.69) is 17.1 Å². The predicted octanol–water partition coefficient (Wildman–Crippen LogP) is 3.19. The number of nitrogens with zero attached hydrogens (tertiary/aromatic N) is 2. The summed E-state index contributed by atoms with van der Waals surface area (Å²) in [6.07, 6.45) is 3.84. The third-order valence-electron chi connectivity index (χ3n) is 3.73. The Hall–Kier alpha value is -1.62. The topological polar surface area (TPSA) is 58.4 Å². The molecule has 1 aliphatic heterocycles. The van der Waals surface area contributed by atoms with Crippen LogP contribution in [0.5, 0.6) is 0 Å². The number of nitro groups is 1.